The van der Waals surface area contributed by atoms with E-state index >= 15 is 0 Å². The van der Waals surface area contributed by atoms with Crippen molar-refractivity contribution in [3.63, 3.8) is 0 Å². The number of hydrazine groups is 1. The van der Waals surface area contributed by atoms with Crippen molar-refractivity contribution in [2.45, 2.75) is 18.2 Å². The standard InChI is InChI=1S/C19H18ClN3O3S/c1-13-12-18(21-17-5-3-2-4-16(13)17)22-23-19(24)10-11-27(25,26)15-8-6-14(20)7-9-15/h2-9,12H,10-11H2,1H3,(H,21,22)(H,23,24). The third-order valence-corrected chi connectivity index (χ3v) is 6.01. The minimum atomic E-state index is -3.55. The van der Waals surface area contributed by atoms with Crippen molar-refractivity contribution < 1.29 is 13.2 Å². The summed E-state index contributed by atoms with van der Waals surface area (Å²) in [7, 11) is -3.55. The number of pyridine rings is 1. The largest absolute Gasteiger partial charge is 0.282 e. The Labute approximate surface area is 162 Å². The molecule has 3 aromatic rings. The molecule has 1 heterocycles. The molecule has 2 aromatic carbocycles. The smallest absolute Gasteiger partial charge is 0.239 e. The Hall–Kier alpha value is -2.64. The van der Waals surface area contributed by atoms with Crippen LogP contribution in [0.4, 0.5) is 5.82 Å². The number of aromatic nitrogens is 1. The third-order valence-electron chi connectivity index (χ3n) is 4.02. The first-order valence-corrected chi connectivity index (χ1v) is 10.3. The van der Waals surface area contributed by atoms with Gasteiger partial charge in [-0.1, -0.05) is 29.8 Å². The fourth-order valence-corrected chi connectivity index (χ4v) is 3.96. The number of aryl methyl sites for hydroxylation is 1. The van der Waals surface area contributed by atoms with Crippen LogP contribution >= 0.6 is 11.6 Å². The number of benzene rings is 2. The lowest BCUT2D eigenvalue weighted by Gasteiger charge is -2.10. The van der Waals surface area contributed by atoms with Crippen LogP contribution in [0, 0.1) is 6.92 Å². The van der Waals surface area contributed by atoms with Gasteiger partial charge in [0.15, 0.2) is 9.84 Å². The number of anilines is 1. The highest BCUT2D eigenvalue weighted by Gasteiger charge is 2.16. The Morgan fingerprint density at radius 2 is 1.81 bits per heavy atom. The van der Waals surface area contributed by atoms with Crippen LogP contribution < -0.4 is 10.9 Å². The number of nitrogens with one attached hydrogen (secondary N) is 2. The highest BCUT2D eigenvalue weighted by atomic mass is 35.5. The van der Waals surface area contributed by atoms with E-state index in [2.05, 4.69) is 15.8 Å². The molecule has 2 N–H and O–H groups in total. The second-order valence-electron chi connectivity index (χ2n) is 6.04. The van der Waals surface area contributed by atoms with Crippen molar-refractivity contribution in [3.8, 4) is 0 Å². The fourth-order valence-electron chi connectivity index (χ4n) is 2.60. The number of carbonyl (C=O) groups is 1. The summed E-state index contributed by atoms with van der Waals surface area (Å²) in [6.07, 6.45) is -0.176. The Morgan fingerprint density at radius 1 is 1.11 bits per heavy atom. The quantitative estimate of drug-likeness (QED) is 0.615. The van der Waals surface area contributed by atoms with Crippen LogP contribution in [-0.4, -0.2) is 25.1 Å². The van der Waals surface area contributed by atoms with Gasteiger partial charge in [0.2, 0.25) is 5.91 Å². The predicted octanol–water partition coefficient (Wildman–Crippen LogP) is 3.50. The van der Waals surface area contributed by atoms with Gasteiger partial charge in [-0.2, -0.15) is 0 Å². The monoisotopic (exact) mass is 403 g/mol. The minimum Gasteiger partial charge on any atom is -0.282 e. The summed E-state index contributed by atoms with van der Waals surface area (Å²) < 4.78 is 24.5. The second kappa shape index (κ2) is 7.94. The molecule has 0 aliphatic rings. The highest BCUT2D eigenvalue weighted by Crippen LogP contribution is 2.19. The lowest BCUT2D eigenvalue weighted by atomic mass is 10.1. The van der Waals surface area contributed by atoms with Gasteiger partial charge >= 0.3 is 0 Å². The first-order chi connectivity index (χ1) is 12.8. The van der Waals surface area contributed by atoms with Crippen molar-refractivity contribution in [3.05, 3.63) is 65.2 Å². The van der Waals surface area contributed by atoms with Gasteiger partial charge in [-0.3, -0.25) is 15.6 Å². The van der Waals surface area contributed by atoms with Crippen LogP contribution in [0.1, 0.15) is 12.0 Å². The number of fused-ring (bicyclic) bond motifs is 1. The molecule has 1 amide bonds. The number of amides is 1. The van der Waals surface area contributed by atoms with Crippen molar-refractivity contribution in [1.82, 2.24) is 10.4 Å². The average Bonchev–Trinajstić information content (AvgIpc) is 2.65. The van der Waals surface area contributed by atoms with Crippen molar-refractivity contribution in [2.24, 2.45) is 0 Å². The zero-order chi connectivity index (χ0) is 19.4. The van der Waals surface area contributed by atoms with E-state index < -0.39 is 15.7 Å². The van der Waals surface area contributed by atoms with Crippen LogP contribution in [0.15, 0.2) is 59.5 Å². The van der Waals surface area contributed by atoms with Crippen molar-refractivity contribution in [2.75, 3.05) is 11.2 Å². The maximum absolute atomic E-state index is 12.3. The molecule has 0 saturated heterocycles. The molecule has 1 aromatic heterocycles. The number of rotatable bonds is 6. The highest BCUT2D eigenvalue weighted by molar-refractivity contribution is 7.91. The average molecular weight is 404 g/mol. The topological polar surface area (TPSA) is 88.2 Å². The van der Waals surface area contributed by atoms with Gasteiger partial charge in [0.05, 0.1) is 16.2 Å². The van der Waals surface area contributed by atoms with Crippen LogP contribution in [0.3, 0.4) is 0 Å². The summed E-state index contributed by atoms with van der Waals surface area (Å²) in [4.78, 5) is 16.6. The SMILES string of the molecule is Cc1cc(NNC(=O)CCS(=O)(=O)c2ccc(Cl)cc2)nc2ccccc12. The number of nitrogens with zero attached hydrogens (tertiary/aromatic N) is 1. The Bertz CT molecular complexity index is 1080. The van der Waals surface area contributed by atoms with Crippen molar-refractivity contribution in [1.29, 1.82) is 0 Å². The molecule has 0 spiro atoms. The molecular formula is C19H18ClN3O3S. The van der Waals surface area contributed by atoms with E-state index in [1.54, 1.807) is 0 Å². The molecule has 27 heavy (non-hydrogen) atoms. The van der Waals surface area contributed by atoms with Crippen LogP contribution in [0.25, 0.3) is 10.9 Å². The van der Waals surface area contributed by atoms with Crippen LogP contribution in [0.2, 0.25) is 5.02 Å². The Morgan fingerprint density at radius 3 is 2.56 bits per heavy atom. The first-order valence-electron chi connectivity index (χ1n) is 8.25. The molecule has 0 aliphatic carbocycles. The lowest BCUT2D eigenvalue weighted by Crippen LogP contribution is -2.31. The normalized spacial score (nSPS) is 11.3. The summed E-state index contributed by atoms with van der Waals surface area (Å²) in [6.45, 7) is 1.95. The molecule has 3 rings (SSSR count). The van der Waals surface area contributed by atoms with E-state index in [0.29, 0.717) is 10.8 Å². The second-order valence-corrected chi connectivity index (χ2v) is 8.58. The van der Waals surface area contributed by atoms with Gasteiger partial charge in [-0.15, -0.1) is 0 Å². The summed E-state index contributed by atoms with van der Waals surface area (Å²) in [5, 5.41) is 1.48. The molecular weight excluding hydrogens is 386 g/mol. The van der Waals surface area contributed by atoms with E-state index in [9.17, 15) is 13.2 Å². The van der Waals surface area contributed by atoms with Crippen molar-refractivity contribution >= 4 is 44.1 Å². The summed E-state index contributed by atoms with van der Waals surface area (Å²) in [5.74, 6) is -0.257. The van der Waals surface area contributed by atoms with Gasteiger partial charge in [0.25, 0.3) is 0 Å². The zero-order valence-electron chi connectivity index (χ0n) is 14.6. The van der Waals surface area contributed by atoms with E-state index in [4.69, 9.17) is 11.6 Å². The third kappa shape index (κ3) is 4.75. The summed E-state index contributed by atoms with van der Waals surface area (Å²) in [6, 6.07) is 15.4. The Balaban J connectivity index is 1.59. The molecule has 6 nitrogen and oxygen atoms in total. The van der Waals surface area contributed by atoms with Gasteiger partial charge in [-0.25, -0.2) is 13.4 Å². The van der Waals surface area contributed by atoms with Gasteiger partial charge in [-0.05, 0) is 48.9 Å². The molecule has 140 valence electrons. The van der Waals surface area contributed by atoms with Gasteiger partial charge in [0.1, 0.15) is 5.82 Å². The summed E-state index contributed by atoms with van der Waals surface area (Å²) >= 11 is 5.76. The number of sulfone groups is 1. The maximum Gasteiger partial charge on any atom is 0.239 e. The number of hydrogen-bond donors (Lipinski definition) is 2. The van der Waals surface area contributed by atoms with Gasteiger partial charge < -0.3 is 0 Å². The van der Waals surface area contributed by atoms with Crippen LogP contribution in [0.5, 0.6) is 0 Å². The lowest BCUT2D eigenvalue weighted by molar-refractivity contribution is -0.120. The maximum atomic E-state index is 12.3. The van der Waals surface area contributed by atoms with E-state index in [1.165, 1.54) is 24.3 Å². The molecule has 8 heteroatoms. The number of halogens is 1. The number of carbonyl (C=O) groups excluding carboxylic acids is 1. The predicted molar refractivity (Wildman–Crippen MR) is 106 cm³/mol. The number of para-hydroxylation sites is 1. The summed E-state index contributed by atoms with van der Waals surface area (Å²) in [5.41, 5.74) is 7.05. The Kier molecular flexibility index (Phi) is 5.62. The molecule has 0 atom stereocenters. The van der Waals surface area contributed by atoms with E-state index in [-0.39, 0.29) is 17.1 Å². The van der Waals surface area contributed by atoms with Crippen LogP contribution in [-0.2, 0) is 14.6 Å². The molecule has 0 radical (unpaired) electrons. The zero-order valence-corrected chi connectivity index (χ0v) is 16.1. The molecule has 0 unspecified atom stereocenters. The van der Waals surface area contributed by atoms with E-state index in [0.717, 1.165) is 16.5 Å². The molecule has 0 saturated carbocycles. The molecule has 0 bridgehead atoms. The minimum absolute atomic E-state index is 0.138. The number of hydrogen-bond acceptors (Lipinski definition) is 5. The molecule has 0 fully saturated rings. The molecule has 0 aliphatic heterocycles. The first kappa shape index (κ1) is 19.1. The van der Waals surface area contributed by atoms with E-state index in [1.807, 2.05) is 37.3 Å². The van der Waals surface area contributed by atoms with Gasteiger partial charge in [0, 0.05) is 16.8 Å². The fraction of sp³-hybridized carbons (Fsp3) is 0.158.